The van der Waals surface area contributed by atoms with Crippen LogP contribution in [-0.4, -0.2) is 23.8 Å². The summed E-state index contributed by atoms with van der Waals surface area (Å²) in [5.41, 5.74) is 9.54. The molecule has 0 fully saturated rings. The van der Waals surface area contributed by atoms with E-state index in [0.717, 1.165) is 53.3 Å². The molecule has 2 aliphatic rings. The van der Waals surface area contributed by atoms with E-state index in [2.05, 4.69) is 105 Å². The lowest BCUT2D eigenvalue weighted by Gasteiger charge is -2.31. The van der Waals surface area contributed by atoms with Gasteiger partial charge in [-0.05, 0) is 79.2 Å². The van der Waals surface area contributed by atoms with Crippen LogP contribution in [0.25, 0.3) is 11.1 Å². The van der Waals surface area contributed by atoms with Crippen LogP contribution in [0.3, 0.4) is 0 Å². The Hall–Kier alpha value is -2.77. The van der Waals surface area contributed by atoms with Gasteiger partial charge in [-0.25, -0.2) is 0 Å². The molecule has 0 radical (unpaired) electrons. The lowest BCUT2D eigenvalue weighted by molar-refractivity contribution is 0.244. The van der Waals surface area contributed by atoms with E-state index in [9.17, 15) is 0 Å². The van der Waals surface area contributed by atoms with E-state index in [1.54, 1.807) is 0 Å². The number of nitrogens with zero attached hydrogens (tertiary/aromatic N) is 1. The summed E-state index contributed by atoms with van der Waals surface area (Å²) in [6, 6.07) is 24.5. The number of anilines is 1. The van der Waals surface area contributed by atoms with Gasteiger partial charge in [0.25, 0.3) is 0 Å². The van der Waals surface area contributed by atoms with Gasteiger partial charge in [0.15, 0.2) is 0 Å². The molecule has 1 N–H and O–H groups in total. The standard InChI is InChI=1S/C32H39N2OP/c1-5-22(2)32(23(3)11-12-25-9-7-6-8-10-25)34-17-18-35-30-15-13-26(19-28(30)21-34)27-14-16-31-29(20-27)33-24(4)36-31/h6-10,13-16,19-20,22,24,33,36H,5,11-12,17-18,21H2,1-4H3/b32-23+. The highest BCUT2D eigenvalue weighted by Gasteiger charge is 2.23. The van der Waals surface area contributed by atoms with E-state index in [0.29, 0.717) is 11.7 Å². The first-order valence-electron chi connectivity index (χ1n) is 13.4. The van der Waals surface area contributed by atoms with Gasteiger partial charge in [-0.3, -0.25) is 0 Å². The predicted molar refractivity (Wildman–Crippen MR) is 156 cm³/mol. The van der Waals surface area contributed by atoms with Crippen LogP contribution in [0.4, 0.5) is 5.69 Å². The van der Waals surface area contributed by atoms with Crippen LogP contribution in [0.1, 0.15) is 51.7 Å². The second-order valence-corrected chi connectivity index (χ2v) is 12.0. The highest BCUT2D eigenvalue weighted by atomic mass is 31.1. The van der Waals surface area contributed by atoms with Crippen molar-refractivity contribution in [2.45, 2.75) is 59.3 Å². The van der Waals surface area contributed by atoms with Crippen molar-refractivity contribution in [3.05, 3.63) is 89.1 Å². The van der Waals surface area contributed by atoms with Crippen molar-refractivity contribution in [3.8, 4) is 16.9 Å². The molecule has 0 amide bonds. The number of benzene rings is 3. The van der Waals surface area contributed by atoms with Crippen molar-refractivity contribution in [2.75, 3.05) is 18.5 Å². The maximum Gasteiger partial charge on any atom is 0.124 e. The Morgan fingerprint density at radius 2 is 1.86 bits per heavy atom. The second-order valence-electron chi connectivity index (χ2n) is 10.3. The third-order valence-corrected chi connectivity index (χ3v) is 8.95. The number of rotatable bonds is 7. The minimum absolute atomic E-state index is 0.524. The molecule has 0 bridgehead atoms. The molecule has 3 aromatic rings. The first-order chi connectivity index (χ1) is 17.5. The van der Waals surface area contributed by atoms with E-state index in [4.69, 9.17) is 4.74 Å². The Labute approximate surface area is 218 Å². The van der Waals surface area contributed by atoms with Gasteiger partial charge in [0.1, 0.15) is 12.4 Å². The number of fused-ring (bicyclic) bond motifs is 2. The summed E-state index contributed by atoms with van der Waals surface area (Å²) in [7, 11) is 0.847. The van der Waals surface area contributed by atoms with Gasteiger partial charge in [0.05, 0.1) is 6.54 Å². The molecule has 3 nitrogen and oxygen atoms in total. The molecule has 0 saturated carbocycles. The summed E-state index contributed by atoms with van der Waals surface area (Å²) in [6.45, 7) is 11.8. The summed E-state index contributed by atoms with van der Waals surface area (Å²) >= 11 is 0. The van der Waals surface area contributed by atoms with E-state index in [-0.39, 0.29) is 0 Å². The van der Waals surface area contributed by atoms with E-state index in [1.165, 1.54) is 44.5 Å². The zero-order valence-electron chi connectivity index (χ0n) is 22.1. The molecular formula is C32H39N2OP. The van der Waals surface area contributed by atoms with Crippen LogP contribution in [0.5, 0.6) is 5.75 Å². The maximum absolute atomic E-state index is 6.25. The lowest BCUT2D eigenvalue weighted by atomic mass is 9.94. The van der Waals surface area contributed by atoms with Crippen LogP contribution in [-0.2, 0) is 13.0 Å². The minimum Gasteiger partial charge on any atom is -0.491 e. The number of aryl methyl sites for hydroxylation is 1. The molecule has 3 aromatic carbocycles. The Kier molecular flexibility index (Phi) is 7.67. The molecule has 0 aliphatic carbocycles. The number of hydrogen-bond acceptors (Lipinski definition) is 3. The largest absolute Gasteiger partial charge is 0.491 e. The van der Waals surface area contributed by atoms with Crippen molar-refractivity contribution in [1.82, 2.24) is 4.90 Å². The van der Waals surface area contributed by atoms with Gasteiger partial charge in [-0.2, -0.15) is 0 Å². The Morgan fingerprint density at radius 3 is 2.67 bits per heavy atom. The molecule has 2 aliphatic heterocycles. The normalized spacial score (nSPS) is 19.0. The molecule has 4 heteroatoms. The fourth-order valence-electron chi connectivity index (χ4n) is 5.55. The maximum atomic E-state index is 6.25. The summed E-state index contributed by atoms with van der Waals surface area (Å²) < 4.78 is 6.25. The molecule has 36 heavy (non-hydrogen) atoms. The summed E-state index contributed by atoms with van der Waals surface area (Å²) in [5.74, 6) is 2.09. The molecular weight excluding hydrogens is 459 g/mol. The van der Waals surface area contributed by atoms with Crippen molar-refractivity contribution in [2.24, 2.45) is 5.92 Å². The fourth-order valence-corrected chi connectivity index (χ4v) is 6.72. The van der Waals surface area contributed by atoms with E-state index >= 15 is 0 Å². The molecule has 3 unspecified atom stereocenters. The molecule has 0 saturated heterocycles. The van der Waals surface area contributed by atoms with Crippen molar-refractivity contribution in [3.63, 3.8) is 0 Å². The van der Waals surface area contributed by atoms with Gasteiger partial charge in [-0.15, -0.1) is 0 Å². The van der Waals surface area contributed by atoms with E-state index in [1.807, 2.05) is 0 Å². The molecule has 0 aromatic heterocycles. The molecule has 0 spiro atoms. The summed E-state index contributed by atoms with van der Waals surface area (Å²) in [4.78, 5) is 2.59. The number of allylic oxidation sites excluding steroid dienone is 2. The third-order valence-electron chi connectivity index (χ3n) is 7.63. The monoisotopic (exact) mass is 498 g/mol. The number of ether oxygens (including phenoxy) is 1. The van der Waals surface area contributed by atoms with Crippen molar-refractivity contribution < 1.29 is 4.74 Å². The highest BCUT2D eigenvalue weighted by molar-refractivity contribution is 7.49. The van der Waals surface area contributed by atoms with Crippen LogP contribution in [0.15, 0.2) is 78.0 Å². The first-order valence-corrected chi connectivity index (χ1v) is 14.5. The van der Waals surface area contributed by atoms with Crippen LogP contribution >= 0.6 is 8.58 Å². The zero-order chi connectivity index (χ0) is 25.1. The fraction of sp³-hybridized carbons (Fsp3) is 0.375. The van der Waals surface area contributed by atoms with Crippen molar-refractivity contribution >= 4 is 19.6 Å². The SMILES string of the molecule is CCC(C)/C(=C(/C)CCc1ccccc1)N1CCOc2ccc(-c3ccc4c(c3)NC(C)P4)cc2C1. The topological polar surface area (TPSA) is 24.5 Å². The minimum atomic E-state index is 0.524. The first kappa shape index (κ1) is 24.9. The second kappa shape index (κ2) is 11.1. The Balaban J connectivity index is 1.41. The quantitative estimate of drug-likeness (QED) is 0.340. The third kappa shape index (κ3) is 5.47. The van der Waals surface area contributed by atoms with Crippen LogP contribution < -0.4 is 15.4 Å². The summed E-state index contributed by atoms with van der Waals surface area (Å²) in [5, 5.41) is 5.08. The molecule has 5 rings (SSSR count). The Morgan fingerprint density at radius 1 is 1.08 bits per heavy atom. The average molecular weight is 499 g/mol. The molecule has 188 valence electrons. The van der Waals surface area contributed by atoms with E-state index < -0.39 is 0 Å². The van der Waals surface area contributed by atoms with Gasteiger partial charge in [0.2, 0.25) is 0 Å². The number of nitrogens with one attached hydrogen (secondary N) is 1. The van der Waals surface area contributed by atoms with Gasteiger partial charge in [-0.1, -0.05) is 76.5 Å². The van der Waals surface area contributed by atoms with Gasteiger partial charge in [0, 0.05) is 29.3 Å². The smallest absolute Gasteiger partial charge is 0.124 e. The zero-order valence-corrected chi connectivity index (χ0v) is 23.1. The average Bonchev–Trinajstić information content (AvgIpc) is 3.14. The van der Waals surface area contributed by atoms with Crippen molar-refractivity contribution in [1.29, 1.82) is 0 Å². The number of hydrogen-bond donors (Lipinski definition) is 1. The van der Waals surface area contributed by atoms with Crippen LogP contribution in [0.2, 0.25) is 0 Å². The van der Waals surface area contributed by atoms with Gasteiger partial charge >= 0.3 is 0 Å². The van der Waals surface area contributed by atoms with Gasteiger partial charge < -0.3 is 15.0 Å². The molecule has 2 heterocycles. The molecule has 3 atom stereocenters. The predicted octanol–water partition coefficient (Wildman–Crippen LogP) is 7.58. The summed E-state index contributed by atoms with van der Waals surface area (Å²) in [6.07, 6.45) is 3.32. The lowest BCUT2D eigenvalue weighted by Crippen LogP contribution is -2.29. The van der Waals surface area contributed by atoms with Crippen LogP contribution in [0, 0.1) is 5.92 Å². The highest BCUT2D eigenvalue weighted by Crippen LogP contribution is 2.36. The Bertz CT molecular complexity index is 1240.